The molecule has 4 rings (SSSR count). The van der Waals surface area contributed by atoms with E-state index in [-0.39, 0.29) is 17.1 Å². The number of aromatic hydroxyl groups is 1. The van der Waals surface area contributed by atoms with Crippen LogP contribution in [-0.2, 0) is 0 Å². The maximum absolute atomic E-state index is 9.78. The summed E-state index contributed by atoms with van der Waals surface area (Å²) < 4.78 is 13.4. The first-order chi connectivity index (χ1) is 16.2. The van der Waals surface area contributed by atoms with Crippen molar-refractivity contribution >= 4 is 20.1 Å². The first-order valence-corrected chi connectivity index (χ1v) is 15.2. The number of ether oxygens (including phenoxy) is 1. The molecule has 3 aromatic carbocycles. The molecule has 0 unspecified atom stereocenters. The zero-order chi connectivity index (χ0) is 24.5. The third-order valence-electron chi connectivity index (χ3n) is 7.06. The molecule has 0 aromatic heterocycles. The Balaban J connectivity index is 1.66. The van der Waals surface area contributed by atoms with E-state index < -0.39 is 8.32 Å². The third-order valence-corrected chi connectivity index (χ3v) is 14.4. The lowest BCUT2D eigenvalue weighted by Crippen LogP contribution is -2.50. The molecule has 0 amide bonds. The molecule has 0 saturated heterocycles. The van der Waals surface area contributed by atoms with Crippen molar-refractivity contribution in [1.82, 2.24) is 0 Å². The molecule has 3 nitrogen and oxygen atoms in total. The second-order valence-electron chi connectivity index (χ2n) is 10.1. The van der Waals surface area contributed by atoms with Crippen molar-refractivity contribution in [2.24, 2.45) is 0 Å². The van der Waals surface area contributed by atoms with Crippen LogP contribution in [0.15, 0.2) is 77.7 Å². The number of phenolic OH excluding ortho intramolecular Hbond substituents is 1. The van der Waals surface area contributed by atoms with Crippen LogP contribution in [0.5, 0.6) is 17.2 Å². The van der Waals surface area contributed by atoms with Crippen LogP contribution in [-0.4, -0.2) is 13.4 Å². The lowest BCUT2D eigenvalue weighted by Gasteiger charge is -2.42. The third kappa shape index (κ3) is 4.73. The van der Waals surface area contributed by atoms with E-state index in [1.54, 1.807) is 12.1 Å². The second kappa shape index (κ2) is 10.1. The van der Waals surface area contributed by atoms with Crippen LogP contribution in [0, 0.1) is 0 Å². The number of para-hydroxylation sites is 1. The van der Waals surface area contributed by atoms with Crippen molar-refractivity contribution in [3.8, 4) is 17.2 Å². The van der Waals surface area contributed by atoms with E-state index in [4.69, 9.17) is 9.16 Å². The molecule has 2 atom stereocenters. The molecular formula is C29H36O3SSi. The molecule has 1 heterocycles. The van der Waals surface area contributed by atoms with Crippen molar-refractivity contribution in [3.05, 3.63) is 83.9 Å². The minimum Gasteiger partial charge on any atom is -0.543 e. The molecule has 180 valence electrons. The molecule has 1 aliphatic rings. The van der Waals surface area contributed by atoms with Crippen LogP contribution < -0.4 is 9.16 Å². The minimum absolute atomic E-state index is 0.0933. The summed E-state index contributed by atoms with van der Waals surface area (Å²) in [5.41, 5.74) is 3.85. The van der Waals surface area contributed by atoms with Crippen molar-refractivity contribution in [2.75, 3.05) is 0 Å². The van der Waals surface area contributed by atoms with Gasteiger partial charge in [-0.15, -0.1) is 11.8 Å². The Morgan fingerprint density at radius 1 is 0.765 bits per heavy atom. The van der Waals surface area contributed by atoms with Crippen molar-refractivity contribution in [2.45, 2.75) is 74.4 Å². The van der Waals surface area contributed by atoms with Crippen LogP contribution in [0.1, 0.15) is 64.0 Å². The average molecular weight is 493 g/mol. The molecule has 0 bridgehead atoms. The van der Waals surface area contributed by atoms with Gasteiger partial charge in [-0.1, -0.05) is 77.9 Å². The standard InChI is InChI=1S/C29H36O3SSi/c1-19(2)34(20(3)4,21(5)6)32-25-17-13-23(14-18-25)29-28(22-11-15-24(30)16-12-22)31-26-9-7-8-10-27(26)33-29/h7-21,28-30H,1-6H3/t28-,29+/m1/s1. The number of thioether (sulfide) groups is 1. The summed E-state index contributed by atoms with van der Waals surface area (Å²) in [5.74, 6) is 2.14. The molecule has 34 heavy (non-hydrogen) atoms. The summed E-state index contributed by atoms with van der Waals surface area (Å²) in [6.45, 7) is 13.9. The predicted octanol–water partition coefficient (Wildman–Crippen LogP) is 8.91. The quantitative estimate of drug-likeness (QED) is 0.334. The molecule has 5 heteroatoms. The van der Waals surface area contributed by atoms with Gasteiger partial charge in [0.05, 0.1) is 10.1 Å². The topological polar surface area (TPSA) is 38.7 Å². The second-order valence-corrected chi connectivity index (χ2v) is 16.7. The number of hydrogen-bond donors (Lipinski definition) is 1. The van der Waals surface area contributed by atoms with Gasteiger partial charge in [-0.2, -0.15) is 0 Å². The Morgan fingerprint density at radius 2 is 1.32 bits per heavy atom. The maximum atomic E-state index is 9.78. The van der Waals surface area contributed by atoms with E-state index >= 15 is 0 Å². The molecule has 1 N–H and O–H groups in total. The largest absolute Gasteiger partial charge is 0.543 e. The fourth-order valence-corrected chi connectivity index (χ4v) is 12.0. The summed E-state index contributed by atoms with van der Waals surface area (Å²) >= 11 is 1.83. The van der Waals surface area contributed by atoms with E-state index in [0.717, 1.165) is 22.0 Å². The highest BCUT2D eigenvalue weighted by Gasteiger charge is 2.47. The Labute approximate surface area is 209 Å². The summed E-state index contributed by atoms with van der Waals surface area (Å²) in [5, 5.41) is 9.87. The number of hydrogen-bond acceptors (Lipinski definition) is 4. The lowest BCUT2D eigenvalue weighted by atomic mass is 10.00. The van der Waals surface area contributed by atoms with Crippen LogP contribution in [0.3, 0.4) is 0 Å². The van der Waals surface area contributed by atoms with Crippen molar-refractivity contribution in [1.29, 1.82) is 0 Å². The van der Waals surface area contributed by atoms with Crippen LogP contribution >= 0.6 is 11.8 Å². The van der Waals surface area contributed by atoms with Gasteiger partial charge in [-0.05, 0) is 64.1 Å². The molecule has 0 aliphatic carbocycles. The predicted molar refractivity (Wildman–Crippen MR) is 145 cm³/mol. The monoisotopic (exact) mass is 492 g/mol. The molecule has 0 spiro atoms. The number of phenols is 1. The van der Waals surface area contributed by atoms with Gasteiger partial charge in [-0.3, -0.25) is 0 Å². The molecular weight excluding hydrogens is 456 g/mol. The lowest BCUT2D eigenvalue weighted by molar-refractivity contribution is 0.191. The van der Waals surface area contributed by atoms with Crippen molar-refractivity contribution < 1.29 is 14.3 Å². The summed E-state index contributed by atoms with van der Waals surface area (Å²) in [6, 6.07) is 24.2. The highest BCUT2D eigenvalue weighted by Crippen LogP contribution is 2.53. The molecule has 0 radical (unpaired) electrons. The van der Waals surface area contributed by atoms with Gasteiger partial charge in [0.15, 0.2) is 0 Å². The Hall–Kier alpha value is -2.37. The smallest absolute Gasteiger partial charge is 0.258 e. The van der Waals surface area contributed by atoms with Crippen LogP contribution in [0.4, 0.5) is 0 Å². The zero-order valence-electron chi connectivity index (χ0n) is 21.0. The number of fused-ring (bicyclic) bond motifs is 1. The highest BCUT2D eigenvalue weighted by atomic mass is 32.2. The van der Waals surface area contributed by atoms with Gasteiger partial charge in [0.25, 0.3) is 8.32 Å². The maximum Gasteiger partial charge on any atom is 0.258 e. The average Bonchev–Trinajstić information content (AvgIpc) is 2.82. The van der Waals surface area contributed by atoms with E-state index in [1.165, 1.54) is 5.56 Å². The molecule has 1 aliphatic heterocycles. The van der Waals surface area contributed by atoms with Crippen LogP contribution in [0.2, 0.25) is 16.6 Å². The molecule has 0 fully saturated rings. The Morgan fingerprint density at radius 3 is 1.91 bits per heavy atom. The van der Waals surface area contributed by atoms with Crippen molar-refractivity contribution in [3.63, 3.8) is 0 Å². The van der Waals surface area contributed by atoms with Gasteiger partial charge in [0, 0.05) is 0 Å². The first kappa shape index (κ1) is 24.7. The van der Waals surface area contributed by atoms with Gasteiger partial charge in [-0.25, -0.2) is 0 Å². The molecule has 3 aromatic rings. The van der Waals surface area contributed by atoms with Crippen LogP contribution in [0.25, 0.3) is 0 Å². The Bertz CT molecular complexity index is 1070. The van der Waals surface area contributed by atoms with E-state index in [2.05, 4.69) is 77.9 Å². The summed E-state index contributed by atoms with van der Waals surface area (Å²) in [6.07, 6.45) is -0.150. The van der Waals surface area contributed by atoms with E-state index in [9.17, 15) is 5.11 Å². The van der Waals surface area contributed by atoms with E-state index in [0.29, 0.717) is 16.6 Å². The summed E-state index contributed by atoms with van der Waals surface area (Å²) in [7, 11) is -2.00. The highest BCUT2D eigenvalue weighted by molar-refractivity contribution is 7.99. The summed E-state index contributed by atoms with van der Waals surface area (Å²) in [4.78, 5) is 1.15. The van der Waals surface area contributed by atoms with Gasteiger partial charge >= 0.3 is 0 Å². The SMILES string of the molecule is CC(C)[Si](Oc1ccc([C@@H]2Sc3ccccc3O[C@@H]2c2ccc(O)cc2)cc1)(C(C)C)C(C)C. The van der Waals surface area contributed by atoms with Gasteiger partial charge in [0.1, 0.15) is 23.4 Å². The molecule has 0 saturated carbocycles. The zero-order valence-corrected chi connectivity index (χ0v) is 22.8. The normalized spacial score (nSPS) is 18.1. The van der Waals surface area contributed by atoms with Gasteiger partial charge < -0.3 is 14.3 Å². The Kier molecular flexibility index (Phi) is 7.34. The first-order valence-electron chi connectivity index (χ1n) is 12.2. The minimum atomic E-state index is -2.00. The fraction of sp³-hybridized carbons (Fsp3) is 0.379. The number of benzene rings is 3. The fourth-order valence-electron chi connectivity index (χ4n) is 5.47. The van der Waals surface area contributed by atoms with E-state index in [1.807, 2.05) is 36.0 Å². The van der Waals surface area contributed by atoms with Gasteiger partial charge in [0.2, 0.25) is 0 Å². The number of rotatable bonds is 7.